The van der Waals surface area contributed by atoms with Crippen molar-refractivity contribution in [2.24, 2.45) is 0 Å². The second-order valence-corrected chi connectivity index (χ2v) is 6.24. The highest BCUT2D eigenvalue weighted by Gasteiger charge is 2.15. The van der Waals surface area contributed by atoms with E-state index < -0.39 is 10.0 Å². The SMILES string of the molecule is O=S(=O)(Nc1ccccc1CCl)c1ccc(Cl)cc1. The average molecular weight is 316 g/mol. The Morgan fingerprint density at radius 1 is 1.00 bits per heavy atom. The van der Waals surface area contributed by atoms with Gasteiger partial charge >= 0.3 is 0 Å². The molecule has 0 saturated carbocycles. The summed E-state index contributed by atoms with van der Waals surface area (Å²) in [5.74, 6) is 0.235. The Balaban J connectivity index is 2.34. The molecule has 3 nitrogen and oxygen atoms in total. The molecule has 0 unspecified atom stereocenters. The minimum atomic E-state index is -3.63. The van der Waals surface area contributed by atoms with Crippen LogP contribution in [0.25, 0.3) is 0 Å². The van der Waals surface area contributed by atoms with Crippen molar-refractivity contribution in [3.05, 3.63) is 59.1 Å². The molecule has 2 aromatic rings. The van der Waals surface area contributed by atoms with E-state index in [0.29, 0.717) is 10.7 Å². The monoisotopic (exact) mass is 315 g/mol. The summed E-state index contributed by atoms with van der Waals surface area (Å²) in [6.07, 6.45) is 0. The van der Waals surface area contributed by atoms with Gasteiger partial charge in [0.1, 0.15) is 0 Å². The van der Waals surface area contributed by atoms with Crippen molar-refractivity contribution >= 4 is 38.9 Å². The zero-order valence-corrected chi connectivity index (χ0v) is 12.1. The molecule has 0 fully saturated rings. The first-order chi connectivity index (χ1) is 9.03. The molecule has 0 radical (unpaired) electrons. The van der Waals surface area contributed by atoms with E-state index in [4.69, 9.17) is 23.2 Å². The van der Waals surface area contributed by atoms with Gasteiger partial charge in [-0.15, -0.1) is 11.6 Å². The molecule has 0 heterocycles. The van der Waals surface area contributed by atoms with Crippen LogP contribution in [0.2, 0.25) is 5.02 Å². The summed E-state index contributed by atoms with van der Waals surface area (Å²) in [6, 6.07) is 13.0. The molecular formula is C13H11Cl2NO2S. The van der Waals surface area contributed by atoms with E-state index >= 15 is 0 Å². The van der Waals surface area contributed by atoms with Crippen molar-refractivity contribution in [2.45, 2.75) is 10.8 Å². The van der Waals surface area contributed by atoms with Crippen LogP contribution >= 0.6 is 23.2 Å². The smallest absolute Gasteiger partial charge is 0.261 e. The Morgan fingerprint density at radius 2 is 1.63 bits per heavy atom. The lowest BCUT2D eigenvalue weighted by molar-refractivity contribution is 0.601. The van der Waals surface area contributed by atoms with E-state index in [0.717, 1.165) is 5.56 Å². The highest BCUT2D eigenvalue weighted by atomic mass is 35.5. The Kier molecular flexibility index (Phi) is 4.34. The fourth-order valence-corrected chi connectivity index (χ4v) is 3.01. The Bertz CT molecular complexity index is 669. The van der Waals surface area contributed by atoms with Gasteiger partial charge in [-0.2, -0.15) is 0 Å². The third-order valence-corrected chi connectivity index (χ3v) is 4.45. The molecule has 0 aliphatic heterocycles. The molecule has 1 N–H and O–H groups in total. The number of rotatable bonds is 4. The molecule has 0 aliphatic carbocycles. The molecule has 2 aromatic carbocycles. The van der Waals surface area contributed by atoms with Gasteiger partial charge in [-0.3, -0.25) is 4.72 Å². The van der Waals surface area contributed by atoms with Crippen molar-refractivity contribution in [3.63, 3.8) is 0 Å². The van der Waals surface area contributed by atoms with Gasteiger partial charge in [0.05, 0.1) is 10.6 Å². The van der Waals surface area contributed by atoms with Crippen molar-refractivity contribution in [3.8, 4) is 0 Å². The number of hydrogen-bond acceptors (Lipinski definition) is 2. The number of nitrogens with one attached hydrogen (secondary N) is 1. The van der Waals surface area contributed by atoms with Crippen LogP contribution in [0.3, 0.4) is 0 Å². The number of para-hydroxylation sites is 1. The fraction of sp³-hybridized carbons (Fsp3) is 0.0769. The number of alkyl halides is 1. The highest BCUT2D eigenvalue weighted by Crippen LogP contribution is 2.22. The van der Waals surface area contributed by atoms with E-state index in [1.165, 1.54) is 24.3 Å². The van der Waals surface area contributed by atoms with Crippen LogP contribution in [0.5, 0.6) is 0 Å². The normalized spacial score (nSPS) is 11.3. The van der Waals surface area contributed by atoms with Crippen molar-refractivity contribution < 1.29 is 8.42 Å². The lowest BCUT2D eigenvalue weighted by Crippen LogP contribution is -2.13. The van der Waals surface area contributed by atoms with E-state index in [2.05, 4.69) is 4.72 Å². The Hall–Kier alpha value is -1.23. The lowest BCUT2D eigenvalue weighted by Gasteiger charge is -2.11. The van der Waals surface area contributed by atoms with Gasteiger partial charge in [0, 0.05) is 10.9 Å². The van der Waals surface area contributed by atoms with E-state index in [9.17, 15) is 8.42 Å². The molecule has 100 valence electrons. The maximum absolute atomic E-state index is 12.2. The van der Waals surface area contributed by atoms with Crippen molar-refractivity contribution in [2.75, 3.05) is 4.72 Å². The lowest BCUT2D eigenvalue weighted by atomic mass is 10.2. The van der Waals surface area contributed by atoms with Crippen LogP contribution < -0.4 is 4.72 Å². The van der Waals surface area contributed by atoms with Crippen molar-refractivity contribution in [1.29, 1.82) is 0 Å². The summed E-state index contributed by atoms with van der Waals surface area (Å²) >= 11 is 11.5. The summed E-state index contributed by atoms with van der Waals surface area (Å²) in [7, 11) is -3.63. The van der Waals surface area contributed by atoms with Gasteiger partial charge in [-0.05, 0) is 35.9 Å². The highest BCUT2D eigenvalue weighted by molar-refractivity contribution is 7.92. The third-order valence-electron chi connectivity index (χ3n) is 2.53. The number of hydrogen-bond donors (Lipinski definition) is 1. The first-order valence-electron chi connectivity index (χ1n) is 5.45. The molecule has 0 atom stereocenters. The predicted molar refractivity (Wildman–Crippen MR) is 78.3 cm³/mol. The quantitative estimate of drug-likeness (QED) is 0.870. The number of anilines is 1. The fourth-order valence-electron chi connectivity index (χ4n) is 1.55. The Morgan fingerprint density at radius 3 is 2.26 bits per heavy atom. The van der Waals surface area contributed by atoms with Crippen LogP contribution in [0.1, 0.15) is 5.56 Å². The van der Waals surface area contributed by atoms with Gasteiger partial charge in [0.15, 0.2) is 0 Å². The van der Waals surface area contributed by atoms with Crippen LogP contribution in [0.4, 0.5) is 5.69 Å². The summed E-state index contributed by atoms with van der Waals surface area (Å²) in [6.45, 7) is 0. The van der Waals surface area contributed by atoms with E-state index in [-0.39, 0.29) is 10.8 Å². The van der Waals surface area contributed by atoms with Crippen LogP contribution in [-0.2, 0) is 15.9 Å². The molecule has 0 aromatic heterocycles. The van der Waals surface area contributed by atoms with Crippen LogP contribution in [0, 0.1) is 0 Å². The summed E-state index contributed by atoms with van der Waals surface area (Å²) in [5.41, 5.74) is 1.20. The number of benzene rings is 2. The molecule has 2 rings (SSSR count). The van der Waals surface area contributed by atoms with Gasteiger partial charge in [0.25, 0.3) is 10.0 Å². The number of halogens is 2. The predicted octanol–water partition coefficient (Wildman–Crippen LogP) is 3.88. The molecular weight excluding hydrogens is 305 g/mol. The molecule has 0 saturated heterocycles. The van der Waals surface area contributed by atoms with Crippen LogP contribution in [-0.4, -0.2) is 8.42 Å². The maximum atomic E-state index is 12.2. The van der Waals surface area contributed by atoms with Crippen molar-refractivity contribution in [1.82, 2.24) is 0 Å². The molecule has 0 amide bonds. The summed E-state index contributed by atoms with van der Waals surface area (Å²) in [5, 5.41) is 0.486. The van der Waals surface area contributed by atoms with Crippen LogP contribution in [0.15, 0.2) is 53.4 Å². The van der Waals surface area contributed by atoms with Gasteiger partial charge in [-0.1, -0.05) is 29.8 Å². The topological polar surface area (TPSA) is 46.2 Å². The number of sulfonamides is 1. The standard InChI is InChI=1S/C13H11Cl2NO2S/c14-9-10-3-1-2-4-13(10)16-19(17,18)12-7-5-11(15)6-8-12/h1-8,16H,9H2. The molecule has 0 aliphatic rings. The second-order valence-electron chi connectivity index (χ2n) is 3.85. The van der Waals surface area contributed by atoms with Gasteiger partial charge in [-0.25, -0.2) is 8.42 Å². The van der Waals surface area contributed by atoms with Gasteiger partial charge in [0.2, 0.25) is 0 Å². The zero-order valence-electron chi connectivity index (χ0n) is 9.81. The first kappa shape index (κ1) is 14.2. The summed E-state index contributed by atoms with van der Waals surface area (Å²) in [4.78, 5) is 0.154. The third kappa shape index (κ3) is 3.41. The van der Waals surface area contributed by atoms with E-state index in [1.807, 2.05) is 0 Å². The minimum Gasteiger partial charge on any atom is -0.279 e. The molecule has 0 spiro atoms. The largest absolute Gasteiger partial charge is 0.279 e. The summed E-state index contributed by atoms with van der Waals surface area (Å²) < 4.78 is 26.9. The Labute approximate surface area is 122 Å². The van der Waals surface area contributed by atoms with Gasteiger partial charge < -0.3 is 0 Å². The average Bonchev–Trinajstić information content (AvgIpc) is 2.39. The maximum Gasteiger partial charge on any atom is 0.261 e. The minimum absolute atomic E-state index is 0.154. The second kappa shape index (κ2) is 5.82. The molecule has 6 heteroatoms. The first-order valence-corrected chi connectivity index (χ1v) is 7.85. The van der Waals surface area contributed by atoms with E-state index in [1.54, 1.807) is 24.3 Å². The molecule has 0 bridgehead atoms. The molecule has 19 heavy (non-hydrogen) atoms. The zero-order chi connectivity index (χ0) is 13.9.